The van der Waals surface area contributed by atoms with E-state index in [1.807, 2.05) is 66.7 Å². The number of carbonyl (C=O) groups excluding carboxylic acids is 1. The smallest absolute Gasteiger partial charge is 0.342 e. The van der Waals surface area contributed by atoms with Crippen LogP contribution in [0.5, 0.6) is 5.75 Å². The molecule has 1 atom stereocenters. The maximum Gasteiger partial charge on any atom is 0.342 e. The Morgan fingerprint density at radius 2 is 1.71 bits per heavy atom. The van der Waals surface area contributed by atoms with Gasteiger partial charge in [0.15, 0.2) is 0 Å². The van der Waals surface area contributed by atoms with E-state index in [0.717, 1.165) is 28.1 Å². The van der Waals surface area contributed by atoms with Gasteiger partial charge in [0.2, 0.25) is 0 Å². The summed E-state index contributed by atoms with van der Waals surface area (Å²) in [7, 11) is 0. The highest BCUT2D eigenvalue weighted by atomic mass is 16.3. The van der Waals surface area contributed by atoms with Crippen LogP contribution in [0, 0.1) is 0 Å². The van der Waals surface area contributed by atoms with Gasteiger partial charge in [0, 0.05) is 35.6 Å². The highest BCUT2D eigenvalue weighted by Gasteiger charge is 2.35. The van der Waals surface area contributed by atoms with Crippen LogP contribution in [-0.2, 0) is 6.42 Å². The molecule has 2 N–H and O–H groups in total. The van der Waals surface area contributed by atoms with Crippen LogP contribution in [0.1, 0.15) is 34.7 Å². The molecular weight excluding hydrogens is 424 g/mol. The molecule has 34 heavy (non-hydrogen) atoms. The summed E-state index contributed by atoms with van der Waals surface area (Å²) >= 11 is 0. The van der Waals surface area contributed by atoms with Crippen molar-refractivity contribution in [3.8, 4) is 5.75 Å². The molecule has 0 saturated carbocycles. The van der Waals surface area contributed by atoms with Gasteiger partial charge >= 0.3 is 6.03 Å². The Kier molecular flexibility index (Phi) is 6.03. The maximum atomic E-state index is 13.5. The Hall–Kier alpha value is -4.45. The van der Waals surface area contributed by atoms with Crippen LogP contribution in [0.25, 0.3) is 0 Å². The number of nitrogens with zero attached hydrogens (tertiary/aromatic N) is 3. The number of aromatic nitrogens is 1. The molecule has 2 amide bonds. The largest absolute Gasteiger partial charge is 0.508 e. The molecule has 3 aromatic carbocycles. The summed E-state index contributed by atoms with van der Waals surface area (Å²) in [4.78, 5) is 17.7. The van der Waals surface area contributed by atoms with Crippen LogP contribution < -0.4 is 5.32 Å². The van der Waals surface area contributed by atoms with Gasteiger partial charge < -0.3 is 10.4 Å². The Morgan fingerprint density at radius 1 is 0.941 bits per heavy atom. The summed E-state index contributed by atoms with van der Waals surface area (Å²) in [6, 6.07) is 28.0. The van der Waals surface area contributed by atoms with Crippen molar-refractivity contribution in [3.05, 3.63) is 126 Å². The fourth-order valence-corrected chi connectivity index (χ4v) is 4.20. The lowest BCUT2D eigenvalue weighted by Crippen LogP contribution is -2.31. The average molecular weight is 449 g/mol. The number of carbonyl (C=O) groups is 1. The van der Waals surface area contributed by atoms with Gasteiger partial charge in [-0.2, -0.15) is 5.10 Å². The van der Waals surface area contributed by atoms with Crippen molar-refractivity contribution in [2.24, 2.45) is 5.10 Å². The summed E-state index contributed by atoms with van der Waals surface area (Å²) in [5, 5.41) is 19.6. The molecule has 6 nitrogen and oxygen atoms in total. The fraction of sp³-hybridized carbons (Fsp3) is 0.107. The van der Waals surface area contributed by atoms with E-state index >= 15 is 0 Å². The second-order valence-electron chi connectivity index (χ2n) is 8.16. The van der Waals surface area contributed by atoms with E-state index in [1.165, 1.54) is 5.01 Å². The number of anilines is 1. The van der Waals surface area contributed by atoms with Gasteiger partial charge in [-0.1, -0.05) is 72.8 Å². The lowest BCUT2D eigenvalue weighted by molar-refractivity contribution is 0.199. The first-order chi connectivity index (χ1) is 16.7. The van der Waals surface area contributed by atoms with Crippen LogP contribution in [0.2, 0.25) is 0 Å². The van der Waals surface area contributed by atoms with Crippen molar-refractivity contribution >= 4 is 17.4 Å². The number of benzene rings is 3. The van der Waals surface area contributed by atoms with E-state index in [0.29, 0.717) is 18.4 Å². The number of hydrogen-bond donors (Lipinski definition) is 2. The van der Waals surface area contributed by atoms with Crippen molar-refractivity contribution in [2.75, 3.05) is 5.32 Å². The second-order valence-corrected chi connectivity index (χ2v) is 8.16. The van der Waals surface area contributed by atoms with Gasteiger partial charge in [0.1, 0.15) is 5.75 Å². The third kappa shape index (κ3) is 4.52. The number of hydrazone groups is 1. The standard InChI is InChI=1S/C28H24N4O2/c33-27-15-7-5-13-23(27)26-18-25(22-12-8-16-29-19-22)31-32(26)28(34)30-24-14-6-4-11-21(24)17-20-9-2-1-3-10-20/h1-16,19,26,33H,17-18H2,(H,30,34). The van der Waals surface area contributed by atoms with E-state index in [4.69, 9.17) is 0 Å². The van der Waals surface area contributed by atoms with Gasteiger partial charge in [-0.05, 0) is 35.7 Å². The quantitative estimate of drug-likeness (QED) is 0.407. The summed E-state index contributed by atoms with van der Waals surface area (Å²) < 4.78 is 0. The number of urea groups is 1. The molecule has 0 aliphatic carbocycles. The van der Waals surface area contributed by atoms with Gasteiger partial charge in [-0.3, -0.25) is 4.98 Å². The zero-order valence-corrected chi connectivity index (χ0v) is 18.5. The predicted molar refractivity (Wildman–Crippen MR) is 133 cm³/mol. The lowest BCUT2D eigenvalue weighted by atomic mass is 9.98. The summed E-state index contributed by atoms with van der Waals surface area (Å²) in [5.41, 5.74) is 5.15. The fourth-order valence-electron chi connectivity index (χ4n) is 4.20. The number of pyridine rings is 1. The third-order valence-corrected chi connectivity index (χ3v) is 5.91. The predicted octanol–water partition coefficient (Wildman–Crippen LogP) is 5.76. The van der Waals surface area contributed by atoms with Crippen LogP contribution in [0.3, 0.4) is 0 Å². The number of hydrogen-bond acceptors (Lipinski definition) is 4. The Labute approximate surface area is 198 Å². The average Bonchev–Trinajstić information content (AvgIpc) is 3.32. The zero-order chi connectivity index (χ0) is 23.3. The SMILES string of the molecule is O=C(Nc1ccccc1Cc1ccccc1)N1N=C(c2cccnc2)CC1c1ccccc1O. The molecule has 0 bridgehead atoms. The normalized spacial score (nSPS) is 15.1. The molecule has 0 spiro atoms. The molecule has 4 aromatic rings. The molecule has 6 heteroatoms. The minimum absolute atomic E-state index is 0.136. The van der Waals surface area contributed by atoms with E-state index < -0.39 is 6.04 Å². The zero-order valence-electron chi connectivity index (χ0n) is 18.5. The van der Waals surface area contributed by atoms with Crippen molar-refractivity contribution in [1.82, 2.24) is 9.99 Å². The van der Waals surface area contributed by atoms with Gasteiger partial charge in [-0.15, -0.1) is 0 Å². The number of phenols is 1. The first kappa shape index (κ1) is 21.4. The number of aromatic hydroxyl groups is 1. The minimum atomic E-state index is -0.433. The van der Waals surface area contributed by atoms with Crippen molar-refractivity contribution in [3.63, 3.8) is 0 Å². The third-order valence-electron chi connectivity index (χ3n) is 5.91. The molecule has 0 radical (unpaired) electrons. The van der Waals surface area contributed by atoms with Crippen molar-refractivity contribution < 1.29 is 9.90 Å². The first-order valence-electron chi connectivity index (χ1n) is 11.2. The first-order valence-corrected chi connectivity index (χ1v) is 11.2. The number of nitrogens with one attached hydrogen (secondary N) is 1. The topological polar surface area (TPSA) is 77.8 Å². The highest BCUT2D eigenvalue weighted by molar-refractivity contribution is 6.04. The number of rotatable bonds is 5. The second kappa shape index (κ2) is 9.58. The van der Waals surface area contributed by atoms with E-state index in [2.05, 4.69) is 27.5 Å². The van der Waals surface area contributed by atoms with E-state index in [9.17, 15) is 9.90 Å². The van der Waals surface area contributed by atoms with Gasteiger partial charge in [0.05, 0.1) is 11.8 Å². The minimum Gasteiger partial charge on any atom is -0.508 e. The molecule has 2 heterocycles. The van der Waals surface area contributed by atoms with Crippen LogP contribution in [0.4, 0.5) is 10.5 Å². The Morgan fingerprint density at radius 3 is 2.50 bits per heavy atom. The van der Waals surface area contributed by atoms with Crippen LogP contribution in [0.15, 0.2) is 108 Å². The number of phenolic OH excluding ortho intramolecular Hbond substituents is 1. The molecule has 1 aliphatic rings. The van der Waals surface area contributed by atoms with E-state index in [-0.39, 0.29) is 11.8 Å². The lowest BCUT2D eigenvalue weighted by Gasteiger charge is -2.23. The van der Waals surface area contributed by atoms with E-state index in [1.54, 1.807) is 24.5 Å². The molecule has 1 aromatic heterocycles. The van der Waals surface area contributed by atoms with Gasteiger partial charge in [0.25, 0.3) is 0 Å². The molecule has 0 saturated heterocycles. The van der Waals surface area contributed by atoms with Crippen molar-refractivity contribution in [2.45, 2.75) is 18.9 Å². The summed E-state index contributed by atoms with van der Waals surface area (Å²) in [6.07, 6.45) is 4.61. The summed E-state index contributed by atoms with van der Waals surface area (Å²) in [5.74, 6) is 0.136. The number of amides is 2. The van der Waals surface area contributed by atoms with Gasteiger partial charge in [-0.25, -0.2) is 9.80 Å². The number of para-hydroxylation sites is 2. The monoisotopic (exact) mass is 448 g/mol. The molecule has 1 unspecified atom stereocenters. The van der Waals surface area contributed by atoms with Crippen molar-refractivity contribution in [1.29, 1.82) is 0 Å². The molecule has 1 aliphatic heterocycles. The maximum absolute atomic E-state index is 13.5. The molecular formula is C28H24N4O2. The molecule has 5 rings (SSSR count). The molecule has 168 valence electrons. The Bertz CT molecular complexity index is 1320. The molecule has 0 fully saturated rings. The Balaban J connectivity index is 1.45. The van der Waals surface area contributed by atoms with Crippen LogP contribution in [-0.4, -0.2) is 26.8 Å². The van der Waals surface area contributed by atoms with Crippen LogP contribution >= 0.6 is 0 Å². The summed E-state index contributed by atoms with van der Waals surface area (Å²) in [6.45, 7) is 0. The highest BCUT2D eigenvalue weighted by Crippen LogP contribution is 2.37.